The molecule has 0 unspecified atom stereocenters. The first kappa shape index (κ1) is 18.0. The van der Waals surface area contributed by atoms with Crippen molar-refractivity contribution in [1.82, 2.24) is 0 Å². The van der Waals surface area contributed by atoms with Crippen LogP contribution < -0.4 is 14.8 Å². The highest BCUT2D eigenvalue weighted by molar-refractivity contribution is 9.10. The minimum Gasteiger partial charge on any atom is -0.532 e. The van der Waals surface area contributed by atoms with Crippen LogP contribution in [0.2, 0.25) is 0 Å². The summed E-state index contributed by atoms with van der Waals surface area (Å²) >= 11 is 3.70. The van der Waals surface area contributed by atoms with Gasteiger partial charge in [0.2, 0.25) is 0 Å². The van der Waals surface area contributed by atoms with Gasteiger partial charge in [-0.15, -0.1) is 0 Å². The third-order valence-corrected chi connectivity index (χ3v) is 6.80. The van der Waals surface area contributed by atoms with E-state index in [0.29, 0.717) is 0 Å². The van der Waals surface area contributed by atoms with Gasteiger partial charge in [-0.2, -0.15) is 0 Å². The Morgan fingerprint density at radius 2 is 1.24 bits per heavy atom. The fraction of sp³-hybridized carbons (Fsp3) is 0.182. The lowest BCUT2D eigenvalue weighted by atomic mass is 9.86. The molecule has 0 aliphatic carbocycles. The predicted molar refractivity (Wildman–Crippen MR) is 111 cm³/mol. The maximum absolute atomic E-state index is 6.73. The SMILES string of the molecule is CC(C)(C)c1cccc(Br)c1O[Si](c1ccccc1)c1ccccc1. The fourth-order valence-corrected chi connectivity index (χ4v) is 5.35. The molecule has 0 fully saturated rings. The standard InChI is InChI=1S/C22H22BrOSi/c1-22(2,3)19-15-10-16-20(23)21(19)24-25(17-11-6-4-7-12-17)18-13-8-5-9-14-18/h4-16H,1-3H3. The van der Waals surface area contributed by atoms with Crippen LogP contribution in [0.1, 0.15) is 26.3 Å². The molecule has 1 radical (unpaired) electrons. The van der Waals surface area contributed by atoms with Gasteiger partial charge in [-0.25, -0.2) is 0 Å². The zero-order chi connectivity index (χ0) is 17.9. The zero-order valence-electron chi connectivity index (χ0n) is 14.8. The molecule has 0 aliphatic rings. The number of halogens is 1. The van der Waals surface area contributed by atoms with Gasteiger partial charge in [0.1, 0.15) is 5.75 Å². The summed E-state index contributed by atoms with van der Waals surface area (Å²) in [4.78, 5) is 0. The van der Waals surface area contributed by atoms with Gasteiger partial charge >= 0.3 is 9.04 Å². The van der Waals surface area contributed by atoms with E-state index in [0.717, 1.165) is 10.2 Å². The van der Waals surface area contributed by atoms with Gasteiger partial charge in [-0.05, 0) is 43.3 Å². The van der Waals surface area contributed by atoms with Crippen LogP contribution in [-0.2, 0) is 5.41 Å². The Labute approximate surface area is 160 Å². The van der Waals surface area contributed by atoms with Crippen molar-refractivity contribution in [2.45, 2.75) is 26.2 Å². The summed E-state index contributed by atoms with van der Waals surface area (Å²) in [6.07, 6.45) is 0. The first-order chi connectivity index (χ1) is 12.0. The Morgan fingerprint density at radius 1 is 0.720 bits per heavy atom. The molecule has 3 rings (SSSR count). The van der Waals surface area contributed by atoms with Gasteiger partial charge < -0.3 is 4.43 Å². The van der Waals surface area contributed by atoms with Gasteiger partial charge in [0.05, 0.1) is 4.47 Å². The van der Waals surface area contributed by atoms with Crippen molar-refractivity contribution in [2.24, 2.45) is 0 Å². The van der Waals surface area contributed by atoms with Crippen molar-refractivity contribution >= 4 is 35.3 Å². The summed E-state index contributed by atoms with van der Waals surface area (Å²) in [5.41, 5.74) is 1.23. The normalized spacial score (nSPS) is 11.6. The first-order valence-electron chi connectivity index (χ1n) is 8.41. The summed E-state index contributed by atoms with van der Waals surface area (Å²) in [5.74, 6) is 0.955. The van der Waals surface area contributed by atoms with Gasteiger partial charge in [0, 0.05) is 0 Å². The maximum atomic E-state index is 6.73. The molecule has 0 aliphatic heterocycles. The van der Waals surface area contributed by atoms with Crippen LogP contribution in [0.15, 0.2) is 83.3 Å². The number of rotatable bonds is 4. The van der Waals surface area contributed by atoms with Crippen molar-refractivity contribution in [1.29, 1.82) is 0 Å². The molecule has 0 saturated heterocycles. The lowest BCUT2D eigenvalue weighted by Crippen LogP contribution is -2.47. The number of hydrogen-bond acceptors (Lipinski definition) is 1. The zero-order valence-corrected chi connectivity index (χ0v) is 17.4. The van der Waals surface area contributed by atoms with Crippen molar-refractivity contribution in [3.05, 3.63) is 88.9 Å². The Morgan fingerprint density at radius 3 is 1.72 bits per heavy atom. The summed E-state index contributed by atoms with van der Waals surface area (Å²) in [6.45, 7) is 6.66. The van der Waals surface area contributed by atoms with E-state index in [1.807, 2.05) is 12.1 Å². The van der Waals surface area contributed by atoms with Crippen LogP contribution >= 0.6 is 15.9 Å². The largest absolute Gasteiger partial charge is 0.532 e. The van der Waals surface area contributed by atoms with Gasteiger partial charge in [-0.3, -0.25) is 0 Å². The van der Waals surface area contributed by atoms with E-state index >= 15 is 0 Å². The van der Waals surface area contributed by atoms with E-state index in [4.69, 9.17) is 4.43 Å². The lowest BCUT2D eigenvalue weighted by molar-refractivity contribution is 0.523. The van der Waals surface area contributed by atoms with E-state index in [1.54, 1.807) is 0 Å². The van der Waals surface area contributed by atoms with Crippen LogP contribution in [0, 0.1) is 0 Å². The van der Waals surface area contributed by atoms with Crippen LogP contribution in [0.4, 0.5) is 0 Å². The average Bonchev–Trinajstić information content (AvgIpc) is 2.61. The maximum Gasteiger partial charge on any atom is 0.352 e. The second-order valence-corrected chi connectivity index (χ2v) is 9.90. The molecule has 127 valence electrons. The third-order valence-electron chi connectivity index (χ3n) is 4.05. The van der Waals surface area contributed by atoms with Gasteiger partial charge in [-0.1, -0.05) is 93.6 Å². The van der Waals surface area contributed by atoms with Crippen LogP contribution in [-0.4, -0.2) is 9.04 Å². The van der Waals surface area contributed by atoms with E-state index < -0.39 is 9.04 Å². The van der Waals surface area contributed by atoms with Gasteiger partial charge in [0.15, 0.2) is 0 Å². The smallest absolute Gasteiger partial charge is 0.352 e. The third kappa shape index (κ3) is 4.23. The molecular weight excluding hydrogens is 388 g/mol. The first-order valence-corrected chi connectivity index (χ1v) is 10.6. The second-order valence-electron chi connectivity index (χ2n) is 7.03. The molecule has 0 heterocycles. The molecule has 3 aromatic carbocycles. The summed E-state index contributed by atoms with van der Waals surface area (Å²) in [5, 5.41) is 2.49. The highest BCUT2D eigenvalue weighted by atomic mass is 79.9. The monoisotopic (exact) mass is 409 g/mol. The Kier molecular flexibility index (Phi) is 5.45. The Bertz CT molecular complexity index is 786. The minimum absolute atomic E-state index is 0.0134. The number of hydrogen-bond donors (Lipinski definition) is 0. The van der Waals surface area contributed by atoms with Crippen molar-refractivity contribution in [2.75, 3.05) is 0 Å². The van der Waals surface area contributed by atoms with E-state index in [2.05, 4.69) is 103 Å². The summed E-state index contributed by atoms with van der Waals surface area (Å²) < 4.78 is 7.74. The van der Waals surface area contributed by atoms with E-state index in [1.165, 1.54) is 15.9 Å². The predicted octanol–water partition coefficient (Wildman–Crippen LogP) is 4.93. The van der Waals surface area contributed by atoms with Crippen molar-refractivity contribution in [3.8, 4) is 5.75 Å². The topological polar surface area (TPSA) is 9.23 Å². The molecule has 1 nitrogen and oxygen atoms in total. The summed E-state index contributed by atoms with van der Waals surface area (Å²) in [6, 6.07) is 27.4. The highest BCUT2D eigenvalue weighted by Gasteiger charge is 2.26. The second kappa shape index (κ2) is 7.59. The molecule has 0 bridgehead atoms. The molecule has 0 aromatic heterocycles. The summed E-state index contributed by atoms with van der Waals surface area (Å²) in [7, 11) is -1.39. The van der Waals surface area contributed by atoms with Crippen LogP contribution in [0.5, 0.6) is 5.75 Å². The molecule has 25 heavy (non-hydrogen) atoms. The molecule has 3 aromatic rings. The highest BCUT2D eigenvalue weighted by Crippen LogP contribution is 2.37. The van der Waals surface area contributed by atoms with E-state index in [9.17, 15) is 0 Å². The molecule has 0 saturated carbocycles. The molecule has 0 amide bonds. The van der Waals surface area contributed by atoms with Crippen molar-refractivity contribution in [3.63, 3.8) is 0 Å². The molecular formula is C22H22BrOSi. The quantitative estimate of drug-likeness (QED) is 0.554. The van der Waals surface area contributed by atoms with Gasteiger partial charge in [0.25, 0.3) is 0 Å². The number of benzene rings is 3. The van der Waals surface area contributed by atoms with E-state index in [-0.39, 0.29) is 5.41 Å². The molecule has 0 atom stereocenters. The lowest BCUT2D eigenvalue weighted by Gasteiger charge is -2.26. The van der Waals surface area contributed by atoms with Crippen LogP contribution in [0.3, 0.4) is 0 Å². The minimum atomic E-state index is -1.39. The Hall–Kier alpha value is -1.84. The number of para-hydroxylation sites is 1. The Balaban J connectivity index is 2.09. The molecule has 0 spiro atoms. The van der Waals surface area contributed by atoms with Crippen molar-refractivity contribution < 1.29 is 4.43 Å². The average molecular weight is 410 g/mol. The molecule has 0 N–H and O–H groups in total. The molecule has 3 heteroatoms. The van der Waals surface area contributed by atoms with Crippen LogP contribution in [0.25, 0.3) is 0 Å². The fourth-order valence-electron chi connectivity index (χ4n) is 2.77.